The van der Waals surface area contributed by atoms with Crippen molar-refractivity contribution in [1.29, 1.82) is 5.26 Å². The lowest BCUT2D eigenvalue weighted by Gasteiger charge is -2.28. The molecule has 0 unspecified atom stereocenters. The number of aliphatic hydroxyl groups is 1. The molecule has 3 aromatic rings. The summed E-state index contributed by atoms with van der Waals surface area (Å²) in [5.41, 5.74) is -0.848. The van der Waals surface area contributed by atoms with Crippen LogP contribution in [0.2, 0.25) is 10.0 Å². The van der Waals surface area contributed by atoms with Crippen molar-refractivity contribution >= 4 is 64.3 Å². The number of halogens is 5. The first-order valence-electron chi connectivity index (χ1n) is 13.3. The number of benzene rings is 2. The van der Waals surface area contributed by atoms with E-state index >= 15 is 0 Å². The normalized spacial score (nSPS) is 16.3. The van der Waals surface area contributed by atoms with Gasteiger partial charge in [0.15, 0.2) is 0 Å². The van der Waals surface area contributed by atoms with Crippen molar-refractivity contribution in [3.63, 3.8) is 0 Å². The smallest absolute Gasteiger partial charge is 0.414 e. The minimum atomic E-state index is -3.99. The minimum Gasteiger partial charge on any atom is -0.495 e. The number of nitrogens with zero attached hydrogens (tertiary/aromatic N) is 3. The summed E-state index contributed by atoms with van der Waals surface area (Å²) in [5, 5.41) is 15.4. The molecule has 1 fully saturated rings. The van der Waals surface area contributed by atoms with Crippen LogP contribution in [0.15, 0.2) is 44.9 Å². The highest BCUT2D eigenvalue weighted by molar-refractivity contribution is 7.99. The first-order chi connectivity index (χ1) is 21.4. The van der Waals surface area contributed by atoms with E-state index in [1.165, 1.54) is 29.0 Å². The van der Waals surface area contributed by atoms with Crippen LogP contribution in [0.1, 0.15) is 51.6 Å². The number of nitriles is 1. The number of H-pyrrole nitrogens is 1. The van der Waals surface area contributed by atoms with Crippen molar-refractivity contribution in [1.82, 2.24) is 9.88 Å². The number of methoxy groups -OCH3 is 1. The summed E-state index contributed by atoms with van der Waals surface area (Å²) in [5.74, 6) is -0.566. The molecule has 1 aromatic heterocycles. The van der Waals surface area contributed by atoms with Gasteiger partial charge >= 0.3 is 11.5 Å². The van der Waals surface area contributed by atoms with E-state index in [1.54, 1.807) is 12.1 Å². The van der Waals surface area contributed by atoms with Gasteiger partial charge in [0.25, 0.3) is 11.5 Å². The van der Waals surface area contributed by atoms with E-state index in [-0.39, 0.29) is 45.0 Å². The van der Waals surface area contributed by atoms with Gasteiger partial charge in [-0.1, -0.05) is 41.0 Å². The third-order valence-electron chi connectivity index (χ3n) is 7.35. The van der Waals surface area contributed by atoms with Crippen molar-refractivity contribution in [3.8, 4) is 11.8 Å². The second-order valence-electron chi connectivity index (χ2n) is 10.0. The number of hydrogen-bond acceptors (Lipinski definition) is 8. The second-order valence-corrected chi connectivity index (χ2v) is 12.3. The van der Waals surface area contributed by atoms with Crippen LogP contribution < -0.4 is 15.2 Å². The number of fused-ring (bicyclic) bond motifs is 1. The summed E-state index contributed by atoms with van der Waals surface area (Å²) in [6.45, 7) is 0.102. The largest absolute Gasteiger partial charge is 0.495 e. The molecule has 1 saturated heterocycles. The Morgan fingerprint density at radius 3 is 2.69 bits per heavy atom. The SMILES string of the molecule is COc1cc2c(cc1N1CCCOC1=O)CN(C(=O)c1c(Sc3c(Cl)ccc(CO)c3Cl)cc(C(F)(F)Cl)[nH]c1=O)[C@@H]2CC#N. The zero-order valence-corrected chi connectivity index (χ0v) is 26.4. The number of ether oxygens (including phenoxy) is 2. The fourth-order valence-electron chi connectivity index (χ4n) is 5.21. The molecule has 1 atom stereocenters. The van der Waals surface area contributed by atoms with E-state index in [0.717, 1.165) is 6.07 Å². The quantitative estimate of drug-likeness (QED) is 0.252. The van der Waals surface area contributed by atoms with Gasteiger partial charge < -0.3 is 24.5 Å². The number of alkyl halides is 3. The van der Waals surface area contributed by atoms with Crippen molar-refractivity contribution in [3.05, 3.63) is 78.7 Å². The molecule has 2 aliphatic rings. The van der Waals surface area contributed by atoms with Gasteiger partial charge in [-0.3, -0.25) is 14.5 Å². The number of anilines is 1. The molecule has 0 aliphatic carbocycles. The molecule has 10 nitrogen and oxygen atoms in total. The number of aromatic amines is 1. The molecule has 2 amide bonds. The van der Waals surface area contributed by atoms with Crippen LogP contribution >= 0.6 is 46.6 Å². The minimum absolute atomic E-state index is 0.000312. The Hall–Kier alpha value is -3.54. The number of cyclic esters (lactones) is 1. The highest BCUT2D eigenvalue weighted by Crippen LogP contribution is 2.46. The lowest BCUT2D eigenvalue weighted by atomic mass is 10.0. The third kappa shape index (κ3) is 6.30. The van der Waals surface area contributed by atoms with E-state index in [0.29, 0.717) is 47.3 Å². The topological polar surface area (TPSA) is 136 Å². The maximum atomic E-state index is 14.2. The molecule has 0 radical (unpaired) electrons. The zero-order valence-electron chi connectivity index (χ0n) is 23.3. The van der Waals surface area contributed by atoms with Gasteiger partial charge in [-0.2, -0.15) is 14.0 Å². The van der Waals surface area contributed by atoms with Gasteiger partial charge in [-0.05, 0) is 59.0 Å². The van der Waals surface area contributed by atoms with E-state index in [2.05, 4.69) is 0 Å². The number of pyridine rings is 1. The number of rotatable bonds is 8. The van der Waals surface area contributed by atoms with Gasteiger partial charge in [0, 0.05) is 22.9 Å². The molecule has 0 bridgehead atoms. The van der Waals surface area contributed by atoms with Crippen LogP contribution in [-0.2, 0) is 23.3 Å². The Balaban J connectivity index is 1.62. The first kappa shape index (κ1) is 32.8. The van der Waals surface area contributed by atoms with Gasteiger partial charge in [-0.25, -0.2) is 4.79 Å². The van der Waals surface area contributed by atoms with Crippen molar-refractivity contribution in [2.75, 3.05) is 25.2 Å². The number of amides is 2. The molecule has 16 heteroatoms. The Morgan fingerprint density at radius 1 is 1.29 bits per heavy atom. The molecule has 236 valence electrons. The van der Waals surface area contributed by atoms with E-state index in [1.807, 2.05) is 11.1 Å². The monoisotopic (exact) mass is 698 g/mol. The summed E-state index contributed by atoms with van der Waals surface area (Å²) in [4.78, 5) is 44.6. The average molecular weight is 700 g/mol. The second kappa shape index (κ2) is 13.1. The van der Waals surface area contributed by atoms with Crippen LogP contribution in [0.25, 0.3) is 0 Å². The number of hydrogen-bond donors (Lipinski definition) is 2. The first-order valence-corrected chi connectivity index (χ1v) is 15.3. The number of aliphatic hydroxyl groups excluding tert-OH is 1. The fourth-order valence-corrected chi connectivity index (χ4v) is 7.04. The molecule has 0 saturated carbocycles. The molecule has 3 heterocycles. The van der Waals surface area contributed by atoms with Gasteiger partial charge in [0.2, 0.25) is 0 Å². The standard InChI is InChI=1S/C29H23Cl3F2N4O6S/c1-43-20-10-16-15(9-19(20)37-7-2-8-44-28(37)42)12-38(18(16)5-6-35)27(41)23-21(11-22(29(32,33)34)36-26(23)40)45-25-17(30)4-3-14(13-39)24(25)31/h3-4,9-11,18,39H,2,5,7-8,12-13H2,1H3,(H,36,40)/t18-/m1/s1. The van der Waals surface area contributed by atoms with Crippen LogP contribution in [0.3, 0.4) is 0 Å². The number of aromatic nitrogens is 1. The summed E-state index contributed by atoms with van der Waals surface area (Å²) in [7, 11) is 1.41. The Bertz CT molecular complexity index is 1800. The summed E-state index contributed by atoms with van der Waals surface area (Å²) < 4.78 is 39.2. The van der Waals surface area contributed by atoms with Crippen LogP contribution in [0.5, 0.6) is 5.75 Å². The number of carbonyl (C=O) groups is 2. The highest BCUT2D eigenvalue weighted by Gasteiger charge is 2.39. The Morgan fingerprint density at radius 2 is 2.04 bits per heavy atom. The van der Waals surface area contributed by atoms with Crippen molar-refractivity contribution < 1.29 is 33.0 Å². The maximum absolute atomic E-state index is 14.2. The number of nitrogens with one attached hydrogen (secondary N) is 1. The predicted molar refractivity (Wildman–Crippen MR) is 162 cm³/mol. The van der Waals surface area contributed by atoms with Gasteiger partial charge in [0.1, 0.15) is 17.0 Å². The molecular weight excluding hydrogens is 677 g/mol. The average Bonchev–Trinajstić information content (AvgIpc) is 3.35. The van der Waals surface area contributed by atoms with Crippen molar-refractivity contribution in [2.24, 2.45) is 0 Å². The Labute approximate surface area is 274 Å². The third-order valence-corrected chi connectivity index (χ3v) is 9.70. The van der Waals surface area contributed by atoms with Gasteiger partial charge in [-0.15, -0.1) is 0 Å². The lowest BCUT2D eigenvalue weighted by molar-refractivity contribution is 0.0684. The van der Waals surface area contributed by atoms with Crippen LogP contribution in [0.4, 0.5) is 19.3 Å². The molecule has 5 rings (SSSR count). The maximum Gasteiger partial charge on any atom is 0.414 e. The number of carbonyl (C=O) groups excluding carboxylic acids is 2. The van der Waals surface area contributed by atoms with Crippen LogP contribution in [-0.4, -0.2) is 47.3 Å². The zero-order chi connectivity index (χ0) is 32.6. The summed E-state index contributed by atoms with van der Waals surface area (Å²) in [6.07, 6.45) is -0.156. The summed E-state index contributed by atoms with van der Waals surface area (Å²) >= 11 is 18.7. The van der Waals surface area contributed by atoms with Gasteiger partial charge in [0.05, 0.1) is 54.6 Å². The van der Waals surface area contributed by atoms with Crippen molar-refractivity contribution in [2.45, 2.75) is 47.2 Å². The molecule has 0 spiro atoms. The van der Waals surface area contributed by atoms with Crippen LogP contribution in [0, 0.1) is 11.3 Å². The van der Waals surface area contributed by atoms with E-state index in [4.69, 9.17) is 44.3 Å². The van der Waals surface area contributed by atoms with E-state index in [9.17, 15) is 33.5 Å². The molecule has 2 N–H and O–H groups in total. The lowest BCUT2D eigenvalue weighted by Crippen LogP contribution is -2.38. The summed E-state index contributed by atoms with van der Waals surface area (Å²) in [6, 6.07) is 8.23. The molecule has 2 aliphatic heterocycles. The molecule has 2 aromatic carbocycles. The highest BCUT2D eigenvalue weighted by atomic mass is 35.5. The Kier molecular flexibility index (Phi) is 9.53. The molecular formula is C29H23Cl3F2N4O6S. The molecule has 45 heavy (non-hydrogen) atoms. The predicted octanol–water partition coefficient (Wildman–Crippen LogP) is 6.58. The fraction of sp³-hybridized carbons (Fsp3) is 0.310. The van der Waals surface area contributed by atoms with E-state index < -0.39 is 46.8 Å².